The van der Waals surface area contributed by atoms with Crippen LogP contribution in [0.5, 0.6) is 0 Å². The summed E-state index contributed by atoms with van der Waals surface area (Å²) in [6.07, 6.45) is 0. The normalized spacial score (nSPS) is 12.5. The van der Waals surface area contributed by atoms with Gasteiger partial charge in [0.25, 0.3) is 0 Å². The third kappa shape index (κ3) is 3.39. The van der Waals surface area contributed by atoms with Crippen LogP contribution in [-0.4, -0.2) is 16.3 Å². The highest BCUT2D eigenvalue weighted by molar-refractivity contribution is 7.99. The van der Waals surface area contributed by atoms with Crippen molar-refractivity contribution in [3.63, 3.8) is 0 Å². The van der Waals surface area contributed by atoms with Crippen molar-refractivity contribution in [1.82, 2.24) is 0 Å². The predicted molar refractivity (Wildman–Crippen MR) is 59.8 cm³/mol. The largest absolute Gasteiger partial charge is 0.480 e. The zero-order valence-corrected chi connectivity index (χ0v) is 9.61. The third-order valence-corrected chi connectivity index (χ3v) is 3.34. The van der Waals surface area contributed by atoms with Crippen LogP contribution in [0.25, 0.3) is 0 Å². The smallest absolute Gasteiger partial charge is 0.316 e. The molecule has 1 aromatic carbocycles. The molecule has 15 heavy (non-hydrogen) atoms. The lowest BCUT2D eigenvalue weighted by Gasteiger charge is -2.07. The zero-order valence-electron chi connectivity index (χ0n) is 8.04. The number of carboxylic acids is 1. The second-order valence-electron chi connectivity index (χ2n) is 3.00. The summed E-state index contributed by atoms with van der Waals surface area (Å²) >= 11 is 6.75. The van der Waals surface area contributed by atoms with Crippen LogP contribution < -0.4 is 0 Å². The van der Waals surface area contributed by atoms with Crippen molar-refractivity contribution in [3.05, 3.63) is 34.6 Å². The summed E-state index contributed by atoms with van der Waals surface area (Å²) in [6.45, 7) is 1.56. The van der Waals surface area contributed by atoms with E-state index in [1.165, 1.54) is 6.07 Å². The highest BCUT2D eigenvalue weighted by Gasteiger charge is 2.13. The maximum Gasteiger partial charge on any atom is 0.316 e. The lowest BCUT2D eigenvalue weighted by atomic mass is 10.2. The van der Waals surface area contributed by atoms with Gasteiger partial charge in [-0.15, -0.1) is 11.8 Å². The fraction of sp³-hybridized carbons (Fsp3) is 0.300. The minimum absolute atomic E-state index is 0.0658. The second-order valence-corrected chi connectivity index (χ2v) is 4.74. The van der Waals surface area contributed by atoms with Crippen molar-refractivity contribution in [3.8, 4) is 0 Å². The molecule has 0 aliphatic carbocycles. The van der Waals surface area contributed by atoms with Gasteiger partial charge in [-0.1, -0.05) is 23.7 Å². The highest BCUT2D eigenvalue weighted by atomic mass is 35.5. The number of hydrogen-bond donors (Lipinski definition) is 1. The van der Waals surface area contributed by atoms with Crippen molar-refractivity contribution in [2.45, 2.75) is 17.9 Å². The molecule has 0 saturated heterocycles. The average molecular weight is 249 g/mol. The molecule has 0 heterocycles. The van der Waals surface area contributed by atoms with E-state index in [-0.39, 0.29) is 5.02 Å². The number of halogens is 2. The summed E-state index contributed by atoms with van der Waals surface area (Å²) in [4.78, 5) is 10.5. The Hall–Kier alpha value is -0.740. The van der Waals surface area contributed by atoms with Gasteiger partial charge in [-0.2, -0.15) is 0 Å². The van der Waals surface area contributed by atoms with E-state index in [1.807, 2.05) is 0 Å². The van der Waals surface area contributed by atoms with Crippen molar-refractivity contribution >= 4 is 29.3 Å². The Balaban J connectivity index is 2.66. The quantitative estimate of drug-likeness (QED) is 0.889. The Bertz CT molecular complexity index is 370. The number of hydrogen-bond acceptors (Lipinski definition) is 2. The molecule has 1 unspecified atom stereocenters. The number of aliphatic carboxylic acids is 1. The standard InChI is InChI=1S/C10H10ClFO2S/c1-6(10(13)14)15-5-7-3-2-4-8(11)9(7)12/h2-4,6H,5H2,1H3,(H,13,14). The maximum absolute atomic E-state index is 13.4. The molecule has 0 aromatic heterocycles. The molecule has 0 saturated carbocycles. The summed E-state index contributed by atoms with van der Waals surface area (Å²) in [7, 11) is 0. The molecular formula is C10H10ClFO2S. The fourth-order valence-electron chi connectivity index (χ4n) is 0.946. The maximum atomic E-state index is 13.4. The Morgan fingerprint density at radius 2 is 2.33 bits per heavy atom. The Morgan fingerprint density at radius 1 is 1.67 bits per heavy atom. The first-order valence-electron chi connectivity index (χ1n) is 4.29. The molecule has 0 aliphatic rings. The van der Waals surface area contributed by atoms with Gasteiger partial charge in [0.15, 0.2) is 0 Å². The zero-order chi connectivity index (χ0) is 11.4. The molecule has 1 aromatic rings. The molecule has 0 bridgehead atoms. The SMILES string of the molecule is CC(SCc1cccc(Cl)c1F)C(=O)O. The van der Waals surface area contributed by atoms with Crippen LogP contribution in [-0.2, 0) is 10.5 Å². The topological polar surface area (TPSA) is 37.3 Å². The number of carboxylic acid groups (broad SMARTS) is 1. The van der Waals surface area contributed by atoms with Gasteiger partial charge in [0.2, 0.25) is 0 Å². The van der Waals surface area contributed by atoms with Gasteiger partial charge < -0.3 is 5.11 Å². The van der Waals surface area contributed by atoms with Crippen LogP contribution in [0.1, 0.15) is 12.5 Å². The molecule has 1 atom stereocenters. The summed E-state index contributed by atoms with van der Waals surface area (Å²) in [5.74, 6) is -1.06. The van der Waals surface area contributed by atoms with Gasteiger partial charge in [-0.3, -0.25) is 4.79 Å². The van der Waals surface area contributed by atoms with E-state index in [9.17, 15) is 9.18 Å². The van der Waals surface area contributed by atoms with Crippen molar-refractivity contribution in [2.75, 3.05) is 0 Å². The number of thioether (sulfide) groups is 1. The van der Waals surface area contributed by atoms with Crippen LogP contribution in [0.2, 0.25) is 5.02 Å². The summed E-state index contributed by atoms with van der Waals surface area (Å²) < 4.78 is 13.4. The van der Waals surface area contributed by atoms with Crippen LogP contribution in [0.15, 0.2) is 18.2 Å². The van der Waals surface area contributed by atoms with Gasteiger partial charge in [-0.25, -0.2) is 4.39 Å². The first kappa shape index (κ1) is 12.3. The molecule has 0 amide bonds. The first-order chi connectivity index (χ1) is 7.02. The molecule has 0 aliphatic heterocycles. The lowest BCUT2D eigenvalue weighted by Crippen LogP contribution is -2.11. The van der Waals surface area contributed by atoms with Crippen LogP contribution in [0.4, 0.5) is 4.39 Å². The van der Waals surface area contributed by atoms with E-state index < -0.39 is 17.0 Å². The van der Waals surface area contributed by atoms with E-state index in [2.05, 4.69) is 0 Å². The summed E-state index contributed by atoms with van der Waals surface area (Å²) in [5.41, 5.74) is 0.431. The van der Waals surface area contributed by atoms with Gasteiger partial charge in [-0.05, 0) is 18.6 Å². The van der Waals surface area contributed by atoms with E-state index in [0.717, 1.165) is 11.8 Å². The second kappa shape index (κ2) is 5.37. The fourth-order valence-corrected chi connectivity index (χ4v) is 1.94. The van der Waals surface area contributed by atoms with Gasteiger partial charge in [0, 0.05) is 5.75 Å². The van der Waals surface area contributed by atoms with Gasteiger partial charge in [0.05, 0.1) is 10.3 Å². The Labute approximate surface area is 96.4 Å². The van der Waals surface area contributed by atoms with Crippen LogP contribution in [0, 0.1) is 5.82 Å². The van der Waals surface area contributed by atoms with Crippen molar-refractivity contribution in [2.24, 2.45) is 0 Å². The predicted octanol–water partition coefficient (Wildman–Crippen LogP) is 3.19. The minimum atomic E-state index is -0.901. The van der Waals surface area contributed by atoms with Gasteiger partial charge >= 0.3 is 5.97 Å². The molecule has 1 N–H and O–H groups in total. The summed E-state index contributed by atoms with van der Waals surface area (Å²) in [5, 5.41) is 8.16. The van der Waals surface area contributed by atoms with E-state index in [1.54, 1.807) is 19.1 Å². The summed E-state index contributed by atoms with van der Waals surface area (Å²) in [6, 6.07) is 4.71. The van der Waals surface area contributed by atoms with Gasteiger partial charge in [0.1, 0.15) is 5.82 Å². The number of rotatable bonds is 4. The molecule has 0 fully saturated rings. The average Bonchev–Trinajstić information content (AvgIpc) is 2.19. The number of benzene rings is 1. The molecule has 5 heteroatoms. The van der Waals surface area contributed by atoms with Crippen molar-refractivity contribution < 1.29 is 14.3 Å². The van der Waals surface area contributed by atoms with Crippen molar-refractivity contribution in [1.29, 1.82) is 0 Å². The molecule has 0 radical (unpaired) electrons. The van der Waals surface area contributed by atoms with E-state index in [4.69, 9.17) is 16.7 Å². The third-order valence-electron chi connectivity index (χ3n) is 1.87. The lowest BCUT2D eigenvalue weighted by molar-refractivity contribution is -0.136. The molecule has 0 spiro atoms. The first-order valence-corrected chi connectivity index (χ1v) is 5.72. The molecule has 2 nitrogen and oxygen atoms in total. The molecular weight excluding hydrogens is 239 g/mol. The van der Waals surface area contributed by atoms with Crippen LogP contribution >= 0.6 is 23.4 Å². The molecule has 82 valence electrons. The Kier molecular flexibility index (Phi) is 4.42. The monoisotopic (exact) mass is 248 g/mol. The number of carbonyl (C=O) groups is 1. The van der Waals surface area contributed by atoms with E-state index in [0.29, 0.717) is 11.3 Å². The molecule has 1 rings (SSSR count). The van der Waals surface area contributed by atoms with E-state index >= 15 is 0 Å². The highest BCUT2D eigenvalue weighted by Crippen LogP contribution is 2.24. The minimum Gasteiger partial charge on any atom is -0.480 e. The van der Waals surface area contributed by atoms with Crippen LogP contribution in [0.3, 0.4) is 0 Å². The Morgan fingerprint density at radius 3 is 2.93 bits per heavy atom.